The third-order valence-electron chi connectivity index (χ3n) is 2.91. The van der Waals surface area contributed by atoms with Gasteiger partial charge in [0.25, 0.3) is 0 Å². The van der Waals surface area contributed by atoms with Crippen LogP contribution in [0.2, 0.25) is 0 Å². The minimum Gasteiger partial charge on any atom is -0.507 e. The summed E-state index contributed by atoms with van der Waals surface area (Å²) in [4.78, 5) is 3.95. The van der Waals surface area contributed by atoms with Crippen molar-refractivity contribution in [3.8, 4) is 11.5 Å². The quantitative estimate of drug-likeness (QED) is 0.877. The fraction of sp³-hybridized carbons (Fsp3) is 0.188. The number of aromatic nitrogens is 1. The molecule has 0 saturated carbocycles. The van der Waals surface area contributed by atoms with Crippen molar-refractivity contribution in [2.24, 2.45) is 0 Å². The third kappa shape index (κ3) is 3.13. The lowest BCUT2D eigenvalue weighted by molar-refractivity contribution is 0.433. The van der Waals surface area contributed by atoms with Crippen LogP contribution in [0.3, 0.4) is 0 Å². The van der Waals surface area contributed by atoms with Gasteiger partial charge in [-0.15, -0.1) is 0 Å². The van der Waals surface area contributed by atoms with E-state index in [1.54, 1.807) is 24.5 Å². The first-order chi connectivity index (χ1) is 9.08. The van der Waals surface area contributed by atoms with Gasteiger partial charge in [0.2, 0.25) is 0 Å². The fourth-order valence-corrected chi connectivity index (χ4v) is 2.00. The first kappa shape index (κ1) is 13.1. The Balaban J connectivity index is 2.30. The molecular weight excluding hydrogens is 238 g/mol. The molecule has 1 aromatic heterocycles. The molecule has 0 radical (unpaired) electrons. The molecule has 1 aromatic carbocycles. The van der Waals surface area contributed by atoms with Gasteiger partial charge in [0.15, 0.2) is 0 Å². The molecule has 0 amide bonds. The number of benzene rings is 1. The zero-order chi connectivity index (χ0) is 13.8. The summed E-state index contributed by atoms with van der Waals surface area (Å²) in [5.41, 5.74) is 2.36. The Morgan fingerprint density at radius 3 is 2.00 bits per heavy atom. The topological polar surface area (TPSA) is 53.4 Å². The van der Waals surface area contributed by atoms with E-state index < -0.39 is 0 Å². The second-order valence-corrected chi connectivity index (χ2v) is 4.74. The normalized spacial score (nSPS) is 11.3. The molecule has 1 heterocycles. The molecule has 2 rings (SSSR count). The summed E-state index contributed by atoms with van der Waals surface area (Å²) in [7, 11) is 0. The van der Waals surface area contributed by atoms with E-state index in [-0.39, 0.29) is 17.4 Å². The van der Waals surface area contributed by atoms with Crippen molar-refractivity contribution in [2.45, 2.75) is 19.8 Å². The van der Waals surface area contributed by atoms with Gasteiger partial charge in [0.05, 0.1) is 0 Å². The Hall–Kier alpha value is -2.29. The van der Waals surface area contributed by atoms with Crippen LogP contribution in [0, 0.1) is 0 Å². The van der Waals surface area contributed by atoms with Crippen molar-refractivity contribution < 1.29 is 10.2 Å². The van der Waals surface area contributed by atoms with E-state index in [1.165, 1.54) is 0 Å². The SMILES string of the molecule is CC(C)c1c(O)cc(C=Cc2ccncc2)cc1O. The van der Waals surface area contributed by atoms with Crippen molar-refractivity contribution in [3.63, 3.8) is 0 Å². The number of phenols is 2. The summed E-state index contributed by atoms with van der Waals surface area (Å²) in [5.74, 6) is 0.340. The highest BCUT2D eigenvalue weighted by Crippen LogP contribution is 2.35. The van der Waals surface area contributed by atoms with E-state index in [9.17, 15) is 10.2 Å². The van der Waals surface area contributed by atoms with E-state index in [0.717, 1.165) is 11.1 Å². The molecule has 2 N–H and O–H groups in total. The molecular formula is C16H17NO2. The van der Waals surface area contributed by atoms with E-state index in [0.29, 0.717) is 5.56 Å². The summed E-state index contributed by atoms with van der Waals surface area (Å²) in [6.07, 6.45) is 7.19. The van der Waals surface area contributed by atoms with Crippen LogP contribution < -0.4 is 0 Å². The summed E-state index contributed by atoms with van der Waals surface area (Å²) in [6.45, 7) is 3.86. The standard InChI is InChI=1S/C16H17NO2/c1-11(2)16-14(18)9-13(10-15(16)19)4-3-12-5-7-17-8-6-12/h3-11,18-19H,1-2H3. The average molecular weight is 255 g/mol. The fourth-order valence-electron chi connectivity index (χ4n) is 2.00. The molecule has 0 aliphatic carbocycles. The predicted octanol–water partition coefficient (Wildman–Crippen LogP) is 3.79. The third-order valence-corrected chi connectivity index (χ3v) is 2.91. The number of rotatable bonds is 3. The molecule has 0 bridgehead atoms. The van der Waals surface area contributed by atoms with Gasteiger partial charge in [-0.05, 0) is 41.3 Å². The van der Waals surface area contributed by atoms with E-state index in [4.69, 9.17) is 0 Å². The molecule has 0 atom stereocenters. The van der Waals surface area contributed by atoms with E-state index >= 15 is 0 Å². The smallest absolute Gasteiger partial charge is 0.123 e. The summed E-state index contributed by atoms with van der Waals surface area (Å²) < 4.78 is 0. The predicted molar refractivity (Wildman–Crippen MR) is 77.0 cm³/mol. The number of hydrogen-bond acceptors (Lipinski definition) is 3. The molecule has 3 heteroatoms. The molecule has 0 fully saturated rings. The highest BCUT2D eigenvalue weighted by molar-refractivity contribution is 5.71. The van der Waals surface area contributed by atoms with Crippen LogP contribution in [0.25, 0.3) is 12.2 Å². The average Bonchev–Trinajstić information content (AvgIpc) is 2.36. The monoisotopic (exact) mass is 255 g/mol. The van der Waals surface area contributed by atoms with Gasteiger partial charge >= 0.3 is 0 Å². The van der Waals surface area contributed by atoms with Crippen molar-refractivity contribution in [1.82, 2.24) is 4.98 Å². The summed E-state index contributed by atoms with van der Waals surface area (Å²) in [5, 5.41) is 19.9. The van der Waals surface area contributed by atoms with Crippen molar-refractivity contribution in [2.75, 3.05) is 0 Å². The Labute approximate surface area is 112 Å². The van der Waals surface area contributed by atoms with Crippen LogP contribution in [0.5, 0.6) is 11.5 Å². The summed E-state index contributed by atoms with van der Waals surface area (Å²) >= 11 is 0. The van der Waals surface area contributed by atoms with Crippen LogP contribution >= 0.6 is 0 Å². The van der Waals surface area contributed by atoms with Crippen LogP contribution in [-0.2, 0) is 0 Å². The van der Waals surface area contributed by atoms with Crippen molar-refractivity contribution >= 4 is 12.2 Å². The first-order valence-electron chi connectivity index (χ1n) is 6.22. The van der Waals surface area contributed by atoms with Gasteiger partial charge in [-0.1, -0.05) is 26.0 Å². The highest BCUT2D eigenvalue weighted by Gasteiger charge is 2.12. The molecule has 98 valence electrons. The van der Waals surface area contributed by atoms with Crippen LogP contribution in [0.4, 0.5) is 0 Å². The van der Waals surface area contributed by atoms with E-state index in [2.05, 4.69) is 4.98 Å². The zero-order valence-electron chi connectivity index (χ0n) is 11.0. The molecule has 0 spiro atoms. The Bertz CT molecular complexity index is 566. The van der Waals surface area contributed by atoms with Crippen LogP contribution in [0.1, 0.15) is 36.5 Å². The van der Waals surface area contributed by atoms with Gasteiger partial charge in [-0.2, -0.15) is 0 Å². The van der Waals surface area contributed by atoms with Crippen molar-refractivity contribution in [3.05, 3.63) is 53.3 Å². The lowest BCUT2D eigenvalue weighted by Crippen LogP contribution is -1.90. The van der Waals surface area contributed by atoms with Crippen molar-refractivity contribution in [1.29, 1.82) is 0 Å². The second kappa shape index (κ2) is 5.57. The maximum Gasteiger partial charge on any atom is 0.123 e. The second-order valence-electron chi connectivity index (χ2n) is 4.74. The van der Waals surface area contributed by atoms with Gasteiger partial charge in [0, 0.05) is 18.0 Å². The van der Waals surface area contributed by atoms with Crippen LogP contribution in [0.15, 0.2) is 36.7 Å². The molecule has 0 aliphatic rings. The van der Waals surface area contributed by atoms with Crippen LogP contribution in [-0.4, -0.2) is 15.2 Å². The zero-order valence-corrected chi connectivity index (χ0v) is 11.0. The van der Waals surface area contributed by atoms with Gasteiger partial charge in [-0.3, -0.25) is 4.98 Å². The van der Waals surface area contributed by atoms with Gasteiger partial charge < -0.3 is 10.2 Å². The minimum absolute atomic E-state index is 0.0817. The largest absolute Gasteiger partial charge is 0.507 e. The first-order valence-corrected chi connectivity index (χ1v) is 6.22. The molecule has 2 aromatic rings. The molecule has 19 heavy (non-hydrogen) atoms. The number of pyridine rings is 1. The maximum atomic E-state index is 9.94. The lowest BCUT2D eigenvalue weighted by Gasteiger charge is -2.11. The molecule has 0 saturated heterocycles. The van der Waals surface area contributed by atoms with E-state index in [1.807, 2.05) is 38.1 Å². The number of nitrogens with zero attached hydrogens (tertiary/aromatic N) is 1. The molecule has 3 nitrogen and oxygen atoms in total. The highest BCUT2D eigenvalue weighted by atomic mass is 16.3. The maximum absolute atomic E-state index is 9.94. The number of aromatic hydroxyl groups is 2. The van der Waals surface area contributed by atoms with Gasteiger partial charge in [-0.25, -0.2) is 0 Å². The summed E-state index contributed by atoms with van der Waals surface area (Å²) in [6, 6.07) is 7.09. The Morgan fingerprint density at radius 2 is 1.47 bits per heavy atom. The minimum atomic E-state index is 0.0817. The molecule has 0 unspecified atom stereocenters. The lowest BCUT2D eigenvalue weighted by atomic mass is 9.98. The number of hydrogen-bond donors (Lipinski definition) is 2. The Kier molecular flexibility index (Phi) is 3.85. The molecule has 0 aliphatic heterocycles. The Morgan fingerprint density at radius 1 is 0.947 bits per heavy atom. The van der Waals surface area contributed by atoms with Gasteiger partial charge in [0.1, 0.15) is 11.5 Å². The number of phenolic OH excluding ortho intramolecular Hbond substituents is 2.